The van der Waals surface area contributed by atoms with Crippen LogP contribution in [0.25, 0.3) is 0 Å². The number of phenolic OH excluding ortho intramolecular Hbond substituents is 1. The molecule has 4 rings (SSSR count). The largest absolute Gasteiger partial charge is 0.505 e. The maximum absolute atomic E-state index is 14.3. The molecule has 0 spiro atoms. The van der Waals surface area contributed by atoms with Gasteiger partial charge in [0.05, 0.1) is 5.60 Å². The van der Waals surface area contributed by atoms with Crippen molar-refractivity contribution in [1.29, 1.82) is 0 Å². The number of halogens is 2. The van der Waals surface area contributed by atoms with Crippen LogP contribution < -0.4 is 0 Å². The van der Waals surface area contributed by atoms with Gasteiger partial charge in [0.1, 0.15) is 0 Å². The molecule has 126 valence electrons. The number of alkyl halides is 1. The highest BCUT2D eigenvalue weighted by Crippen LogP contribution is 2.64. The summed E-state index contributed by atoms with van der Waals surface area (Å²) in [5, 5.41) is 20.8. The van der Waals surface area contributed by atoms with Crippen LogP contribution in [0.5, 0.6) is 5.75 Å². The van der Waals surface area contributed by atoms with Gasteiger partial charge in [-0.3, -0.25) is 0 Å². The van der Waals surface area contributed by atoms with Gasteiger partial charge < -0.3 is 10.2 Å². The molecule has 2 nitrogen and oxygen atoms in total. The molecule has 0 bridgehead atoms. The number of hydrogen-bond donors (Lipinski definition) is 2. The quantitative estimate of drug-likeness (QED) is 0.507. The molecule has 1 aromatic carbocycles. The minimum atomic E-state index is -0.538. The average Bonchev–Trinajstić information content (AvgIpc) is 2.83. The van der Waals surface area contributed by atoms with E-state index in [0.717, 1.165) is 47.7 Å². The van der Waals surface area contributed by atoms with E-state index in [1.165, 1.54) is 6.07 Å². The average molecular weight is 430 g/mol. The maximum Gasteiger partial charge on any atom is 0.168 e. The van der Waals surface area contributed by atoms with Crippen LogP contribution in [-0.2, 0) is 6.42 Å². The van der Waals surface area contributed by atoms with Gasteiger partial charge in [0.15, 0.2) is 11.6 Å². The van der Waals surface area contributed by atoms with E-state index in [4.69, 9.17) is 0 Å². The first-order valence-electron chi connectivity index (χ1n) is 8.70. The van der Waals surface area contributed by atoms with Crippen molar-refractivity contribution in [3.05, 3.63) is 29.1 Å². The Morgan fingerprint density at radius 1 is 1.26 bits per heavy atom. The van der Waals surface area contributed by atoms with E-state index >= 15 is 0 Å². The Balaban J connectivity index is 1.72. The summed E-state index contributed by atoms with van der Waals surface area (Å²) in [6.45, 7) is 2.28. The van der Waals surface area contributed by atoms with Gasteiger partial charge in [0, 0.05) is 9.84 Å². The second-order valence-corrected chi connectivity index (χ2v) is 8.80. The molecule has 1 aromatic rings. The highest BCUT2D eigenvalue weighted by molar-refractivity contribution is 14.1. The van der Waals surface area contributed by atoms with Crippen LogP contribution in [0.15, 0.2) is 12.1 Å². The van der Waals surface area contributed by atoms with Gasteiger partial charge >= 0.3 is 0 Å². The third kappa shape index (κ3) is 2.06. The van der Waals surface area contributed by atoms with Gasteiger partial charge in [0.25, 0.3) is 0 Å². The lowest BCUT2D eigenvalue weighted by atomic mass is 9.53. The number of benzene rings is 1. The maximum atomic E-state index is 14.3. The SMILES string of the molecule is C[C@]12CC[C@@H]3c4ccc(O)c(F)c4CC[C@H]3[C@@H]1CC[C@@]2(O)CI. The lowest BCUT2D eigenvalue weighted by Crippen LogP contribution is -2.51. The fourth-order valence-corrected chi connectivity index (χ4v) is 7.19. The number of aromatic hydroxyl groups is 1. The van der Waals surface area contributed by atoms with Crippen LogP contribution in [0.2, 0.25) is 0 Å². The van der Waals surface area contributed by atoms with Crippen molar-refractivity contribution in [2.45, 2.75) is 57.0 Å². The van der Waals surface area contributed by atoms with Gasteiger partial charge in [-0.2, -0.15) is 0 Å². The molecule has 0 aliphatic heterocycles. The molecule has 23 heavy (non-hydrogen) atoms. The second kappa shape index (κ2) is 5.32. The standard InChI is InChI=1S/C19H24FIO2/c1-18-8-6-12-11-4-5-16(22)17(20)14(11)3-2-13(12)15(18)7-9-19(18,23)10-21/h4-5,12-13,15,22-23H,2-3,6-10H2,1H3/t12-,13-,15+,18+,19-/m1/s1. The summed E-state index contributed by atoms with van der Waals surface area (Å²) in [4.78, 5) is 0. The molecule has 2 fully saturated rings. The van der Waals surface area contributed by atoms with Gasteiger partial charge in [-0.25, -0.2) is 4.39 Å². The predicted octanol–water partition coefficient (Wildman–Crippen LogP) is 4.55. The highest BCUT2D eigenvalue weighted by atomic mass is 127. The molecule has 0 heterocycles. The molecule has 2 saturated carbocycles. The molecular weight excluding hydrogens is 406 g/mol. The molecule has 2 N–H and O–H groups in total. The second-order valence-electron chi connectivity index (χ2n) is 8.04. The lowest BCUT2D eigenvalue weighted by molar-refractivity contribution is -0.0851. The first kappa shape index (κ1) is 16.1. The summed E-state index contributed by atoms with van der Waals surface area (Å²) >= 11 is 2.33. The lowest BCUT2D eigenvalue weighted by Gasteiger charge is -2.53. The number of aliphatic hydroxyl groups is 1. The molecular formula is C19H24FIO2. The van der Waals surface area contributed by atoms with Crippen LogP contribution in [-0.4, -0.2) is 20.2 Å². The van der Waals surface area contributed by atoms with Gasteiger partial charge in [-0.15, -0.1) is 0 Å². The van der Waals surface area contributed by atoms with E-state index < -0.39 is 11.4 Å². The molecule has 5 atom stereocenters. The molecule has 3 aliphatic rings. The van der Waals surface area contributed by atoms with E-state index in [2.05, 4.69) is 29.5 Å². The smallest absolute Gasteiger partial charge is 0.168 e. The Kier molecular flexibility index (Phi) is 3.73. The summed E-state index contributed by atoms with van der Waals surface area (Å²) in [5.41, 5.74) is 1.31. The number of fused-ring (bicyclic) bond motifs is 5. The third-order valence-corrected chi connectivity index (χ3v) is 8.63. The fourth-order valence-electron chi connectivity index (χ4n) is 5.94. The zero-order valence-corrected chi connectivity index (χ0v) is 15.6. The van der Waals surface area contributed by atoms with Gasteiger partial charge in [-0.1, -0.05) is 35.6 Å². The molecule has 0 saturated heterocycles. The molecule has 3 aliphatic carbocycles. The summed E-state index contributed by atoms with van der Waals surface area (Å²) in [5.74, 6) is 0.837. The van der Waals surface area contributed by atoms with E-state index in [1.807, 2.05) is 6.07 Å². The van der Waals surface area contributed by atoms with Crippen LogP contribution in [0, 0.1) is 23.1 Å². The van der Waals surface area contributed by atoms with Gasteiger partial charge in [-0.05, 0) is 73.5 Å². The minimum Gasteiger partial charge on any atom is -0.505 e. The van der Waals surface area contributed by atoms with Crippen LogP contribution in [0.3, 0.4) is 0 Å². The van der Waals surface area contributed by atoms with Crippen molar-refractivity contribution in [3.63, 3.8) is 0 Å². The van der Waals surface area contributed by atoms with E-state index in [9.17, 15) is 14.6 Å². The summed E-state index contributed by atoms with van der Waals surface area (Å²) < 4.78 is 15.1. The normalized spacial score (nSPS) is 42.0. The van der Waals surface area contributed by atoms with Crippen LogP contribution in [0.1, 0.15) is 56.1 Å². The van der Waals surface area contributed by atoms with E-state index in [0.29, 0.717) is 24.2 Å². The number of hydrogen-bond acceptors (Lipinski definition) is 2. The topological polar surface area (TPSA) is 40.5 Å². The van der Waals surface area contributed by atoms with Crippen molar-refractivity contribution >= 4 is 22.6 Å². The Morgan fingerprint density at radius 2 is 2.04 bits per heavy atom. The summed E-state index contributed by atoms with van der Waals surface area (Å²) in [7, 11) is 0. The highest BCUT2D eigenvalue weighted by Gasteiger charge is 2.61. The monoisotopic (exact) mass is 430 g/mol. The zero-order valence-electron chi connectivity index (χ0n) is 13.5. The van der Waals surface area contributed by atoms with Crippen LogP contribution in [0.4, 0.5) is 4.39 Å². The molecule has 0 aromatic heterocycles. The predicted molar refractivity (Wildman–Crippen MR) is 96.5 cm³/mol. The number of phenols is 1. The van der Waals surface area contributed by atoms with Gasteiger partial charge in [0.2, 0.25) is 0 Å². The van der Waals surface area contributed by atoms with E-state index in [1.54, 1.807) is 0 Å². The Labute approximate surface area is 150 Å². The Morgan fingerprint density at radius 3 is 2.78 bits per heavy atom. The van der Waals surface area contributed by atoms with Crippen molar-refractivity contribution in [2.24, 2.45) is 17.3 Å². The van der Waals surface area contributed by atoms with Crippen molar-refractivity contribution in [1.82, 2.24) is 0 Å². The Bertz CT molecular complexity index is 649. The zero-order chi connectivity index (χ0) is 16.4. The van der Waals surface area contributed by atoms with E-state index in [-0.39, 0.29) is 11.2 Å². The van der Waals surface area contributed by atoms with Crippen LogP contribution >= 0.6 is 22.6 Å². The number of rotatable bonds is 1. The summed E-state index contributed by atoms with van der Waals surface area (Å²) in [6.07, 6.45) is 5.72. The van der Waals surface area contributed by atoms with Crippen molar-refractivity contribution in [2.75, 3.05) is 4.43 Å². The molecule has 0 radical (unpaired) electrons. The minimum absolute atomic E-state index is 0.00231. The fraction of sp³-hybridized carbons (Fsp3) is 0.684. The van der Waals surface area contributed by atoms with Crippen molar-refractivity contribution < 1.29 is 14.6 Å². The van der Waals surface area contributed by atoms with Crippen molar-refractivity contribution in [3.8, 4) is 5.75 Å². The molecule has 4 heteroatoms. The Hall–Kier alpha value is -0.360. The first-order chi connectivity index (χ1) is 10.9. The molecule has 0 unspecified atom stereocenters. The molecule has 0 amide bonds. The third-order valence-electron chi connectivity index (χ3n) is 7.37. The first-order valence-corrected chi connectivity index (χ1v) is 10.2. The summed E-state index contributed by atoms with van der Waals surface area (Å²) in [6, 6.07) is 3.45.